The van der Waals surface area contributed by atoms with Gasteiger partial charge >= 0.3 is 0 Å². The summed E-state index contributed by atoms with van der Waals surface area (Å²) in [5.74, 6) is 0. The molecule has 0 saturated carbocycles. The zero-order valence-corrected chi connectivity index (χ0v) is 13.8. The SMILES string of the molecule is Cc1c(Br)cccc1NC(C)c1ccc2ccccc2c1. The van der Waals surface area contributed by atoms with Crippen LogP contribution < -0.4 is 5.32 Å². The van der Waals surface area contributed by atoms with Crippen molar-refractivity contribution in [1.82, 2.24) is 0 Å². The first-order valence-corrected chi connectivity index (χ1v) is 7.95. The van der Waals surface area contributed by atoms with Crippen molar-refractivity contribution in [2.75, 3.05) is 5.32 Å². The van der Waals surface area contributed by atoms with Gasteiger partial charge in [0.15, 0.2) is 0 Å². The molecule has 0 saturated heterocycles. The molecule has 21 heavy (non-hydrogen) atoms. The van der Waals surface area contributed by atoms with E-state index in [1.54, 1.807) is 0 Å². The van der Waals surface area contributed by atoms with E-state index in [9.17, 15) is 0 Å². The first kappa shape index (κ1) is 14.2. The largest absolute Gasteiger partial charge is 0.378 e. The summed E-state index contributed by atoms with van der Waals surface area (Å²) in [5, 5.41) is 6.17. The maximum atomic E-state index is 3.60. The van der Waals surface area contributed by atoms with Gasteiger partial charge in [-0.05, 0) is 53.9 Å². The molecule has 0 amide bonds. The third-order valence-corrected chi connectivity index (χ3v) is 4.77. The van der Waals surface area contributed by atoms with Gasteiger partial charge in [0.2, 0.25) is 0 Å². The van der Waals surface area contributed by atoms with Crippen molar-refractivity contribution in [3.8, 4) is 0 Å². The second kappa shape index (κ2) is 5.90. The van der Waals surface area contributed by atoms with E-state index in [-0.39, 0.29) is 6.04 Å². The highest BCUT2D eigenvalue weighted by atomic mass is 79.9. The molecule has 1 unspecified atom stereocenters. The molecule has 1 N–H and O–H groups in total. The highest BCUT2D eigenvalue weighted by Crippen LogP contribution is 2.28. The Balaban J connectivity index is 1.89. The van der Waals surface area contributed by atoms with Gasteiger partial charge in [0.05, 0.1) is 0 Å². The van der Waals surface area contributed by atoms with Crippen LogP contribution in [0.1, 0.15) is 24.1 Å². The van der Waals surface area contributed by atoms with Crippen LogP contribution in [0.3, 0.4) is 0 Å². The van der Waals surface area contributed by atoms with E-state index >= 15 is 0 Å². The quantitative estimate of drug-likeness (QED) is 0.609. The van der Waals surface area contributed by atoms with Crippen LogP contribution in [0.15, 0.2) is 65.1 Å². The highest BCUT2D eigenvalue weighted by Gasteiger charge is 2.08. The Morgan fingerprint density at radius 3 is 2.48 bits per heavy atom. The van der Waals surface area contributed by atoms with Gasteiger partial charge in [-0.2, -0.15) is 0 Å². The second-order valence-corrected chi connectivity index (χ2v) is 6.24. The summed E-state index contributed by atoms with van der Waals surface area (Å²) in [6, 6.07) is 21.7. The van der Waals surface area contributed by atoms with Gasteiger partial charge in [0, 0.05) is 16.2 Å². The summed E-state index contributed by atoms with van der Waals surface area (Å²) < 4.78 is 1.14. The highest BCUT2D eigenvalue weighted by molar-refractivity contribution is 9.10. The van der Waals surface area contributed by atoms with E-state index in [1.807, 2.05) is 0 Å². The fraction of sp³-hybridized carbons (Fsp3) is 0.158. The van der Waals surface area contributed by atoms with Gasteiger partial charge in [-0.15, -0.1) is 0 Å². The molecule has 0 aliphatic rings. The van der Waals surface area contributed by atoms with Crippen LogP contribution in [-0.4, -0.2) is 0 Å². The molecule has 1 nitrogen and oxygen atoms in total. The molecular weight excluding hydrogens is 322 g/mol. The number of benzene rings is 3. The average Bonchev–Trinajstić information content (AvgIpc) is 2.51. The molecule has 106 valence electrons. The summed E-state index contributed by atoms with van der Waals surface area (Å²) in [5.41, 5.74) is 3.71. The van der Waals surface area contributed by atoms with Gasteiger partial charge in [-0.3, -0.25) is 0 Å². The summed E-state index contributed by atoms with van der Waals surface area (Å²) in [4.78, 5) is 0. The number of fused-ring (bicyclic) bond motifs is 1. The molecule has 3 rings (SSSR count). The Morgan fingerprint density at radius 2 is 1.67 bits per heavy atom. The van der Waals surface area contributed by atoms with Crippen molar-refractivity contribution in [2.45, 2.75) is 19.9 Å². The zero-order chi connectivity index (χ0) is 14.8. The number of hydrogen-bond acceptors (Lipinski definition) is 1. The maximum Gasteiger partial charge on any atom is 0.0485 e. The minimum atomic E-state index is 0.266. The fourth-order valence-electron chi connectivity index (χ4n) is 2.56. The summed E-state index contributed by atoms with van der Waals surface area (Å²) in [6.45, 7) is 4.32. The normalized spacial score (nSPS) is 12.3. The molecule has 0 radical (unpaired) electrons. The van der Waals surface area contributed by atoms with Crippen LogP contribution in [-0.2, 0) is 0 Å². The topological polar surface area (TPSA) is 12.0 Å². The van der Waals surface area contributed by atoms with Crippen LogP contribution in [0.5, 0.6) is 0 Å². The third kappa shape index (κ3) is 2.96. The van der Waals surface area contributed by atoms with Gasteiger partial charge in [-0.1, -0.05) is 58.4 Å². The Hall–Kier alpha value is -1.80. The molecule has 0 heterocycles. The number of hydrogen-bond donors (Lipinski definition) is 1. The first-order valence-electron chi connectivity index (χ1n) is 7.15. The van der Waals surface area contributed by atoms with Gasteiger partial charge in [0.1, 0.15) is 0 Å². The van der Waals surface area contributed by atoms with Crippen molar-refractivity contribution in [2.24, 2.45) is 0 Å². The smallest absolute Gasteiger partial charge is 0.0485 e. The van der Waals surface area contributed by atoms with Crippen LogP contribution in [0.2, 0.25) is 0 Å². The molecule has 0 aromatic heterocycles. The van der Waals surface area contributed by atoms with Gasteiger partial charge < -0.3 is 5.32 Å². The lowest BCUT2D eigenvalue weighted by atomic mass is 10.0. The monoisotopic (exact) mass is 339 g/mol. The van der Waals surface area contributed by atoms with Crippen LogP contribution in [0, 0.1) is 6.92 Å². The number of rotatable bonds is 3. The predicted molar refractivity (Wildman–Crippen MR) is 94.9 cm³/mol. The molecule has 0 aliphatic carbocycles. The lowest BCUT2D eigenvalue weighted by Crippen LogP contribution is -2.07. The number of anilines is 1. The van der Waals surface area contributed by atoms with E-state index in [4.69, 9.17) is 0 Å². The molecule has 0 bridgehead atoms. The maximum absolute atomic E-state index is 3.60. The van der Waals surface area contributed by atoms with E-state index in [2.05, 4.69) is 95.8 Å². The Labute approximate surface area is 134 Å². The Kier molecular flexibility index (Phi) is 3.98. The molecule has 0 fully saturated rings. The summed E-state index contributed by atoms with van der Waals surface area (Å²) in [7, 11) is 0. The van der Waals surface area contributed by atoms with Crippen molar-refractivity contribution < 1.29 is 0 Å². The lowest BCUT2D eigenvalue weighted by molar-refractivity contribution is 0.884. The van der Waals surface area contributed by atoms with E-state index < -0.39 is 0 Å². The number of halogens is 1. The van der Waals surface area contributed by atoms with Gasteiger partial charge in [0.25, 0.3) is 0 Å². The molecule has 2 heteroatoms. The molecule has 3 aromatic carbocycles. The predicted octanol–water partition coefficient (Wildman–Crippen LogP) is 6.08. The van der Waals surface area contributed by atoms with E-state index in [1.165, 1.54) is 27.6 Å². The van der Waals surface area contributed by atoms with Crippen LogP contribution in [0.4, 0.5) is 5.69 Å². The van der Waals surface area contributed by atoms with Crippen molar-refractivity contribution >= 4 is 32.4 Å². The average molecular weight is 340 g/mol. The molecule has 1 atom stereocenters. The summed E-state index contributed by atoms with van der Waals surface area (Å²) in [6.07, 6.45) is 0. The molecule has 3 aromatic rings. The fourth-order valence-corrected chi connectivity index (χ4v) is 2.92. The minimum Gasteiger partial charge on any atom is -0.378 e. The van der Waals surface area contributed by atoms with Crippen LogP contribution >= 0.6 is 15.9 Å². The van der Waals surface area contributed by atoms with Crippen LogP contribution in [0.25, 0.3) is 10.8 Å². The molecule has 0 aliphatic heterocycles. The lowest BCUT2D eigenvalue weighted by Gasteiger charge is -2.18. The van der Waals surface area contributed by atoms with E-state index in [0.717, 1.165) is 4.47 Å². The minimum absolute atomic E-state index is 0.266. The van der Waals surface area contributed by atoms with Gasteiger partial charge in [-0.25, -0.2) is 0 Å². The summed E-state index contributed by atoms with van der Waals surface area (Å²) >= 11 is 3.58. The van der Waals surface area contributed by atoms with Crippen molar-refractivity contribution in [1.29, 1.82) is 0 Å². The Bertz CT molecular complexity index is 779. The van der Waals surface area contributed by atoms with Crippen molar-refractivity contribution in [3.63, 3.8) is 0 Å². The zero-order valence-electron chi connectivity index (χ0n) is 12.2. The molecular formula is C19H18BrN. The third-order valence-electron chi connectivity index (χ3n) is 3.91. The second-order valence-electron chi connectivity index (χ2n) is 5.39. The first-order chi connectivity index (χ1) is 10.1. The Morgan fingerprint density at radius 1 is 0.905 bits per heavy atom. The number of nitrogens with one attached hydrogen (secondary N) is 1. The van der Waals surface area contributed by atoms with E-state index in [0.29, 0.717) is 0 Å². The van der Waals surface area contributed by atoms with Crippen molar-refractivity contribution in [3.05, 3.63) is 76.3 Å². The standard InChI is InChI=1S/C19H18BrN/c1-13-18(20)8-5-9-19(13)21-14(2)16-11-10-15-6-3-4-7-17(15)12-16/h3-12,14,21H,1-2H3. The molecule has 0 spiro atoms.